The Kier molecular flexibility index (Phi) is 8.53. The van der Waals surface area contributed by atoms with E-state index >= 15 is 0 Å². The number of benzene rings is 4. The van der Waals surface area contributed by atoms with Crippen molar-refractivity contribution in [3.63, 3.8) is 0 Å². The van der Waals surface area contributed by atoms with Crippen molar-refractivity contribution in [2.75, 3.05) is 5.32 Å². The number of amides is 2. The van der Waals surface area contributed by atoms with E-state index in [4.69, 9.17) is 27.9 Å². The van der Waals surface area contributed by atoms with Gasteiger partial charge in [0, 0.05) is 21.8 Å². The molecular weight excluding hydrogens is 525 g/mol. The van der Waals surface area contributed by atoms with Gasteiger partial charge < -0.3 is 10.1 Å². The molecule has 0 aliphatic rings. The van der Waals surface area contributed by atoms with Crippen LogP contribution in [0.1, 0.15) is 42.2 Å². The molecule has 4 aromatic carbocycles. The lowest BCUT2D eigenvalue weighted by molar-refractivity contribution is 0.0734. The second-order valence-electron chi connectivity index (χ2n) is 8.15. The van der Waals surface area contributed by atoms with Crippen LogP contribution in [0.25, 0.3) is 0 Å². The molecule has 0 radical (unpaired) electrons. The fourth-order valence-electron chi connectivity index (χ4n) is 3.33. The highest BCUT2D eigenvalue weighted by molar-refractivity contribution is 6.37. The Morgan fingerprint density at radius 1 is 0.816 bits per heavy atom. The van der Waals surface area contributed by atoms with Crippen molar-refractivity contribution in [3.05, 3.63) is 129 Å². The number of hydrogen-bond donors (Lipinski definition) is 2. The van der Waals surface area contributed by atoms with Crippen LogP contribution in [0.4, 0.5) is 5.69 Å². The first-order valence-electron chi connectivity index (χ1n) is 11.4. The van der Waals surface area contributed by atoms with Gasteiger partial charge in [0.1, 0.15) is 5.75 Å². The quantitative estimate of drug-likeness (QED) is 0.119. The van der Waals surface area contributed by atoms with Crippen molar-refractivity contribution in [1.29, 1.82) is 0 Å². The number of rotatable bonds is 7. The van der Waals surface area contributed by atoms with E-state index in [1.54, 1.807) is 66.7 Å². The van der Waals surface area contributed by atoms with Crippen LogP contribution in [0, 0.1) is 6.92 Å². The third-order valence-corrected chi connectivity index (χ3v) is 5.91. The van der Waals surface area contributed by atoms with E-state index < -0.39 is 17.8 Å². The lowest BCUT2D eigenvalue weighted by Gasteiger charge is -2.08. The van der Waals surface area contributed by atoms with Crippen LogP contribution in [-0.4, -0.2) is 24.0 Å². The highest BCUT2D eigenvalue weighted by atomic mass is 35.5. The number of anilines is 1. The Balaban J connectivity index is 1.36. The second kappa shape index (κ2) is 12.2. The molecule has 0 saturated carbocycles. The first kappa shape index (κ1) is 26.6. The number of aryl methyl sites for hydroxylation is 1. The summed E-state index contributed by atoms with van der Waals surface area (Å²) in [4.78, 5) is 37.5. The number of nitrogens with zero attached hydrogens (tertiary/aromatic N) is 1. The van der Waals surface area contributed by atoms with Gasteiger partial charge in [-0.25, -0.2) is 10.2 Å². The average molecular weight is 546 g/mol. The molecular formula is C29H21Cl2N3O4. The number of nitrogens with one attached hydrogen (secondary N) is 2. The molecule has 190 valence electrons. The molecule has 38 heavy (non-hydrogen) atoms. The molecule has 0 atom stereocenters. The van der Waals surface area contributed by atoms with E-state index in [1.807, 2.05) is 19.1 Å². The second-order valence-corrected chi connectivity index (χ2v) is 8.99. The van der Waals surface area contributed by atoms with E-state index in [0.717, 1.165) is 5.56 Å². The number of para-hydroxylation sites is 1. The summed E-state index contributed by atoms with van der Waals surface area (Å²) in [6, 6.07) is 24.7. The molecule has 0 heterocycles. The zero-order valence-electron chi connectivity index (χ0n) is 20.1. The van der Waals surface area contributed by atoms with Gasteiger partial charge in [0.05, 0.1) is 22.4 Å². The van der Waals surface area contributed by atoms with Gasteiger partial charge in [-0.2, -0.15) is 5.10 Å². The predicted molar refractivity (Wildman–Crippen MR) is 148 cm³/mol. The van der Waals surface area contributed by atoms with E-state index in [1.165, 1.54) is 18.3 Å². The summed E-state index contributed by atoms with van der Waals surface area (Å²) < 4.78 is 5.51. The van der Waals surface area contributed by atoms with Crippen LogP contribution >= 0.6 is 23.2 Å². The van der Waals surface area contributed by atoms with Crippen molar-refractivity contribution in [2.24, 2.45) is 5.10 Å². The van der Waals surface area contributed by atoms with Gasteiger partial charge >= 0.3 is 5.97 Å². The minimum atomic E-state index is -0.500. The summed E-state index contributed by atoms with van der Waals surface area (Å²) in [5, 5.41) is 7.36. The van der Waals surface area contributed by atoms with Crippen LogP contribution in [0.3, 0.4) is 0 Å². The van der Waals surface area contributed by atoms with E-state index in [0.29, 0.717) is 33.1 Å². The van der Waals surface area contributed by atoms with Gasteiger partial charge in [0.15, 0.2) is 0 Å². The normalized spacial score (nSPS) is 10.7. The lowest BCUT2D eigenvalue weighted by Crippen LogP contribution is -2.18. The fourth-order valence-corrected chi connectivity index (χ4v) is 3.82. The number of hydrazone groups is 1. The Bertz CT molecular complexity index is 1520. The number of carbonyl (C=O) groups is 3. The highest BCUT2D eigenvalue weighted by Gasteiger charge is 2.13. The summed E-state index contributed by atoms with van der Waals surface area (Å²) in [5.41, 5.74) is 5.48. The Morgan fingerprint density at radius 3 is 2.21 bits per heavy atom. The molecule has 4 rings (SSSR count). The third kappa shape index (κ3) is 6.85. The molecule has 0 bridgehead atoms. The number of ether oxygens (including phenoxy) is 1. The van der Waals surface area contributed by atoms with Crippen molar-refractivity contribution < 1.29 is 19.1 Å². The molecule has 0 aromatic heterocycles. The third-order valence-electron chi connectivity index (χ3n) is 5.36. The van der Waals surface area contributed by atoms with Crippen molar-refractivity contribution in [3.8, 4) is 5.75 Å². The van der Waals surface area contributed by atoms with Crippen LogP contribution in [-0.2, 0) is 0 Å². The minimum Gasteiger partial charge on any atom is -0.422 e. The van der Waals surface area contributed by atoms with Gasteiger partial charge in [-0.05, 0) is 73.7 Å². The SMILES string of the molecule is Cc1ccc(C(=O)Oc2ccccc2/C=N\NC(=O)c2ccc(NC(=O)c3ccc(Cl)cc3Cl)cc2)cc1. The maximum absolute atomic E-state index is 12.5. The molecule has 0 aliphatic heterocycles. The molecule has 9 heteroatoms. The zero-order chi connectivity index (χ0) is 27.1. The number of halogens is 2. The van der Waals surface area contributed by atoms with Gasteiger partial charge in [-0.1, -0.05) is 53.0 Å². The summed E-state index contributed by atoms with van der Waals surface area (Å²) in [5.74, 6) is -1.07. The monoisotopic (exact) mass is 545 g/mol. The number of hydrogen-bond acceptors (Lipinski definition) is 5. The van der Waals surface area contributed by atoms with Crippen molar-refractivity contribution in [2.45, 2.75) is 6.92 Å². The van der Waals surface area contributed by atoms with Crippen LogP contribution in [0.5, 0.6) is 5.75 Å². The van der Waals surface area contributed by atoms with Gasteiger partial charge in [-0.15, -0.1) is 0 Å². The first-order chi connectivity index (χ1) is 18.3. The topological polar surface area (TPSA) is 96.9 Å². The van der Waals surface area contributed by atoms with Crippen molar-refractivity contribution >= 4 is 52.9 Å². The van der Waals surface area contributed by atoms with Crippen molar-refractivity contribution in [1.82, 2.24) is 5.43 Å². The Labute approximate surface area is 229 Å². The molecule has 0 fully saturated rings. The summed E-state index contributed by atoms with van der Waals surface area (Å²) in [6.07, 6.45) is 1.39. The molecule has 2 N–H and O–H groups in total. The van der Waals surface area contributed by atoms with Gasteiger partial charge in [0.2, 0.25) is 0 Å². The van der Waals surface area contributed by atoms with Crippen LogP contribution < -0.4 is 15.5 Å². The molecule has 4 aromatic rings. The molecule has 7 nitrogen and oxygen atoms in total. The minimum absolute atomic E-state index is 0.232. The maximum atomic E-state index is 12.5. The average Bonchev–Trinajstić information content (AvgIpc) is 2.90. The highest BCUT2D eigenvalue weighted by Crippen LogP contribution is 2.22. The molecule has 2 amide bonds. The van der Waals surface area contributed by atoms with Crippen LogP contribution in [0.15, 0.2) is 96.1 Å². The van der Waals surface area contributed by atoms with Crippen LogP contribution in [0.2, 0.25) is 10.0 Å². The summed E-state index contributed by atoms with van der Waals surface area (Å²) in [7, 11) is 0. The Hall–Kier alpha value is -4.46. The predicted octanol–water partition coefficient (Wildman–Crippen LogP) is 6.54. The molecule has 0 aliphatic carbocycles. The smallest absolute Gasteiger partial charge is 0.343 e. The van der Waals surface area contributed by atoms with E-state index in [2.05, 4.69) is 15.8 Å². The molecule has 0 spiro atoms. The standard InChI is InChI=1S/C29H21Cl2N3O4/c1-18-6-8-20(9-7-18)29(37)38-26-5-3-2-4-21(26)17-32-34-27(35)19-10-13-23(14-11-19)33-28(36)24-15-12-22(30)16-25(24)31/h2-17H,1H3,(H,33,36)(H,34,35)/b32-17-. The Morgan fingerprint density at radius 2 is 1.50 bits per heavy atom. The number of esters is 1. The zero-order valence-corrected chi connectivity index (χ0v) is 21.6. The summed E-state index contributed by atoms with van der Waals surface area (Å²) in [6.45, 7) is 1.93. The molecule has 0 unspecified atom stereocenters. The summed E-state index contributed by atoms with van der Waals surface area (Å²) >= 11 is 12.0. The van der Waals surface area contributed by atoms with E-state index in [-0.39, 0.29) is 10.6 Å². The fraction of sp³-hybridized carbons (Fsp3) is 0.0345. The van der Waals surface area contributed by atoms with E-state index in [9.17, 15) is 14.4 Å². The lowest BCUT2D eigenvalue weighted by atomic mass is 10.1. The largest absolute Gasteiger partial charge is 0.422 e. The maximum Gasteiger partial charge on any atom is 0.343 e. The van der Waals surface area contributed by atoms with Gasteiger partial charge in [-0.3, -0.25) is 9.59 Å². The first-order valence-corrected chi connectivity index (χ1v) is 12.1. The number of carbonyl (C=O) groups excluding carboxylic acids is 3. The molecule has 0 saturated heterocycles. The van der Waals surface area contributed by atoms with Gasteiger partial charge in [0.25, 0.3) is 11.8 Å².